The Morgan fingerprint density at radius 3 is 1.80 bits per heavy atom. The van der Waals surface area contributed by atoms with Gasteiger partial charge in [-0.15, -0.1) is 0 Å². The normalized spacial score (nSPS) is 13.3. The van der Waals surface area contributed by atoms with Gasteiger partial charge in [-0.1, -0.05) is 40.4 Å². The highest BCUT2D eigenvalue weighted by atomic mass is 32.4. The zero-order valence-corrected chi connectivity index (χ0v) is 9.51. The predicted molar refractivity (Wildman–Crippen MR) is 55.0 cm³/mol. The van der Waals surface area contributed by atoms with E-state index in [0.717, 1.165) is 0 Å². The summed E-state index contributed by atoms with van der Waals surface area (Å²) >= 11 is 1.94. The summed E-state index contributed by atoms with van der Waals surface area (Å²) in [6, 6.07) is 0. The minimum absolute atomic E-state index is 0.478. The van der Waals surface area contributed by atoms with Crippen molar-refractivity contribution in [2.75, 3.05) is 0 Å². The van der Waals surface area contributed by atoms with Crippen molar-refractivity contribution in [3.63, 3.8) is 0 Å². The molecule has 0 bridgehead atoms. The Kier molecular flexibility index (Phi) is 3.23. The summed E-state index contributed by atoms with van der Waals surface area (Å²) in [5.41, 5.74) is 0. The van der Waals surface area contributed by atoms with Crippen LogP contribution in [-0.2, 0) is 0 Å². The fraction of sp³-hybridized carbons (Fsp3) is 0.750. The maximum absolute atomic E-state index is 3.76. The van der Waals surface area contributed by atoms with Gasteiger partial charge in [-0.3, -0.25) is 0 Å². The largest absolute Gasteiger partial charge is 0.159 e. The molecule has 0 atom stereocenters. The first-order valence-electron chi connectivity index (χ1n) is 3.60. The van der Waals surface area contributed by atoms with Crippen LogP contribution in [0.2, 0.25) is 18.1 Å². The van der Waals surface area contributed by atoms with Gasteiger partial charge in [-0.25, -0.2) is 0 Å². The third-order valence-corrected chi connectivity index (χ3v) is 10.7. The summed E-state index contributed by atoms with van der Waals surface area (Å²) in [4.78, 5) is 0. The topological polar surface area (TPSA) is 0 Å². The molecule has 0 saturated carbocycles. The first-order chi connectivity index (χ1) is 4.31. The van der Waals surface area contributed by atoms with E-state index in [-0.39, 0.29) is 0 Å². The van der Waals surface area contributed by atoms with Crippen LogP contribution in [0.25, 0.3) is 0 Å². The minimum atomic E-state index is -1.11. The molecule has 0 fully saturated rings. The van der Waals surface area contributed by atoms with Crippen molar-refractivity contribution in [1.82, 2.24) is 0 Å². The van der Waals surface area contributed by atoms with E-state index < -0.39 is 7.22 Å². The molecule has 60 valence electrons. The van der Waals surface area contributed by atoms with Gasteiger partial charge in [0.2, 0.25) is 0 Å². The number of hydrogen-bond donors (Lipinski definition) is 0. The molecule has 0 N–H and O–H groups in total. The molecule has 0 saturated heterocycles. The van der Waals surface area contributed by atoms with Crippen molar-refractivity contribution in [3.8, 4) is 0 Å². The Labute approximate surface area is 69.8 Å². The van der Waals surface area contributed by atoms with Crippen molar-refractivity contribution >= 4 is 18.4 Å². The van der Waals surface area contributed by atoms with Gasteiger partial charge in [0.25, 0.3) is 0 Å². The van der Waals surface area contributed by atoms with Crippen LogP contribution in [0.15, 0.2) is 12.0 Å². The average molecular weight is 174 g/mol. The number of rotatable bonds is 2. The minimum Gasteiger partial charge on any atom is -0.159 e. The third kappa shape index (κ3) is 2.50. The molecule has 0 heterocycles. The summed E-state index contributed by atoms with van der Waals surface area (Å²) in [6.45, 7) is 15.5. The molecule has 0 nitrogen and oxygen atoms in total. The Morgan fingerprint density at radius 2 is 1.70 bits per heavy atom. The molecule has 0 spiro atoms. The Hall–Kier alpha value is 0.307. The lowest BCUT2D eigenvalue weighted by Gasteiger charge is -2.34. The van der Waals surface area contributed by atoms with Gasteiger partial charge >= 0.3 is 0 Å². The molecule has 10 heavy (non-hydrogen) atoms. The molecular weight excluding hydrogens is 156 g/mol. The van der Waals surface area contributed by atoms with Crippen molar-refractivity contribution < 1.29 is 0 Å². The summed E-state index contributed by atoms with van der Waals surface area (Å²) in [5.74, 6) is 0. The van der Waals surface area contributed by atoms with Gasteiger partial charge in [0.1, 0.15) is 7.22 Å². The Bertz CT molecular complexity index is 122. The standard InChI is InChI=1S/C8H18SSi/c1-7-9-10(5,6)8(2,3)4/h7H,1H2,2-6H3. The molecule has 2 heteroatoms. The fourth-order valence-corrected chi connectivity index (χ4v) is 3.47. The second kappa shape index (κ2) is 3.14. The van der Waals surface area contributed by atoms with Crippen molar-refractivity contribution in [3.05, 3.63) is 12.0 Å². The first-order valence-corrected chi connectivity index (χ1v) is 8.20. The van der Waals surface area contributed by atoms with E-state index in [1.165, 1.54) is 0 Å². The van der Waals surface area contributed by atoms with Crippen LogP contribution in [0.5, 0.6) is 0 Å². The molecule has 0 aliphatic rings. The quantitative estimate of drug-likeness (QED) is 0.573. The smallest absolute Gasteiger partial charge is 0.122 e. The van der Waals surface area contributed by atoms with E-state index in [9.17, 15) is 0 Å². The van der Waals surface area contributed by atoms with E-state index in [1.807, 2.05) is 16.6 Å². The highest BCUT2D eigenvalue weighted by Crippen LogP contribution is 2.43. The van der Waals surface area contributed by atoms with E-state index >= 15 is 0 Å². The zero-order valence-electron chi connectivity index (χ0n) is 7.69. The van der Waals surface area contributed by atoms with E-state index in [2.05, 4.69) is 40.4 Å². The van der Waals surface area contributed by atoms with Crippen LogP contribution in [0.4, 0.5) is 0 Å². The zero-order chi connectivity index (χ0) is 8.41. The van der Waals surface area contributed by atoms with Crippen LogP contribution in [0.1, 0.15) is 20.8 Å². The van der Waals surface area contributed by atoms with Gasteiger partial charge in [0.15, 0.2) is 0 Å². The number of hydrogen-bond acceptors (Lipinski definition) is 1. The highest BCUT2D eigenvalue weighted by molar-refractivity contribution is 8.31. The molecule has 0 aliphatic carbocycles. The Balaban J connectivity index is 4.23. The SMILES string of the molecule is C=CS[Si](C)(C)C(C)(C)C. The molecule has 0 radical (unpaired) electrons. The highest BCUT2D eigenvalue weighted by Gasteiger charge is 2.34. The molecule has 0 aromatic heterocycles. The summed E-state index contributed by atoms with van der Waals surface area (Å²) < 4.78 is 0. The van der Waals surface area contributed by atoms with Gasteiger partial charge in [0.05, 0.1) is 0 Å². The van der Waals surface area contributed by atoms with Crippen LogP contribution in [0.3, 0.4) is 0 Å². The third-order valence-electron chi connectivity index (χ3n) is 2.18. The first kappa shape index (κ1) is 10.3. The van der Waals surface area contributed by atoms with Crippen LogP contribution < -0.4 is 0 Å². The Morgan fingerprint density at radius 1 is 1.30 bits per heavy atom. The van der Waals surface area contributed by atoms with E-state index in [1.54, 1.807) is 0 Å². The second-order valence-electron chi connectivity index (χ2n) is 4.04. The second-order valence-corrected chi connectivity index (χ2v) is 12.9. The maximum Gasteiger partial charge on any atom is 0.122 e. The van der Waals surface area contributed by atoms with Crippen molar-refractivity contribution in [1.29, 1.82) is 0 Å². The molecule has 0 aliphatic heterocycles. The predicted octanol–water partition coefficient (Wildman–Crippen LogP) is 3.87. The van der Waals surface area contributed by atoms with E-state index in [4.69, 9.17) is 0 Å². The van der Waals surface area contributed by atoms with E-state index in [0.29, 0.717) is 5.04 Å². The van der Waals surface area contributed by atoms with Gasteiger partial charge in [-0.05, 0) is 10.4 Å². The lowest BCUT2D eigenvalue weighted by molar-refractivity contribution is 0.737. The lowest BCUT2D eigenvalue weighted by Crippen LogP contribution is -2.32. The van der Waals surface area contributed by atoms with Gasteiger partial charge in [0, 0.05) is 0 Å². The fourth-order valence-electron chi connectivity index (χ4n) is 0.385. The van der Waals surface area contributed by atoms with Crippen LogP contribution in [0, 0.1) is 0 Å². The molecular formula is C8H18SSi. The van der Waals surface area contributed by atoms with Crippen LogP contribution >= 0.6 is 11.2 Å². The average Bonchev–Trinajstić information content (AvgIpc) is 1.61. The summed E-state index contributed by atoms with van der Waals surface area (Å²) in [7, 11) is -1.11. The summed E-state index contributed by atoms with van der Waals surface area (Å²) in [6.07, 6.45) is 0. The maximum atomic E-state index is 3.76. The molecule has 0 aromatic rings. The van der Waals surface area contributed by atoms with Gasteiger partial charge < -0.3 is 0 Å². The van der Waals surface area contributed by atoms with Crippen molar-refractivity contribution in [2.45, 2.75) is 38.9 Å². The molecule has 0 rings (SSSR count). The molecule has 0 unspecified atom stereocenters. The van der Waals surface area contributed by atoms with Gasteiger partial charge in [-0.2, -0.15) is 11.2 Å². The van der Waals surface area contributed by atoms with Crippen LogP contribution in [-0.4, -0.2) is 7.22 Å². The van der Waals surface area contributed by atoms with Crippen molar-refractivity contribution in [2.24, 2.45) is 0 Å². The monoisotopic (exact) mass is 174 g/mol. The lowest BCUT2D eigenvalue weighted by atomic mass is 10.2. The summed E-state index contributed by atoms with van der Waals surface area (Å²) in [5, 5.41) is 2.46. The molecule has 0 aromatic carbocycles. The molecule has 0 amide bonds.